The maximum Gasteiger partial charge on any atom is 0.295 e. The van der Waals surface area contributed by atoms with Crippen LogP contribution in [0.2, 0.25) is 28.2 Å². The molecule has 0 aliphatic rings. The number of benzene rings is 1. The molecule has 0 spiro atoms. The highest BCUT2D eigenvalue weighted by Crippen LogP contribution is 2.37. The zero-order valence-electron chi connectivity index (χ0n) is 22.5. The predicted octanol–water partition coefficient (Wildman–Crippen LogP) is 8.44. The highest BCUT2D eigenvalue weighted by atomic mass is 79.9. The van der Waals surface area contributed by atoms with Crippen LogP contribution in [0, 0.1) is 0 Å². The Labute approximate surface area is 247 Å². The molecule has 0 aliphatic carbocycles. The molecule has 0 bridgehead atoms. The minimum absolute atomic E-state index is 0.0256. The zero-order valence-corrected chi connectivity index (χ0v) is 27.4. The molecule has 6 nitrogen and oxygen atoms in total. The maximum absolute atomic E-state index is 13.9. The second-order valence-corrected chi connectivity index (χ2v) is 18.6. The summed E-state index contributed by atoms with van der Waals surface area (Å²) in [5.74, 6) is -0.177. The van der Waals surface area contributed by atoms with Crippen LogP contribution in [-0.4, -0.2) is 23.8 Å². The van der Waals surface area contributed by atoms with Crippen molar-refractivity contribution >= 4 is 76.8 Å². The van der Waals surface area contributed by atoms with Crippen LogP contribution in [0.5, 0.6) is 5.75 Å². The monoisotopic (exact) mass is 655 g/mol. The van der Waals surface area contributed by atoms with Gasteiger partial charge in [0, 0.05) is 22.6 Å². The van der Waals surface area contributed by atoms with Gasteiger partial charge in [0.05, 0.1) is 3.79 Å². The van der Waals surface area contributed by atoms with Gasteiger partial charge in [-0.1, -0.05) is 50.0 Å². The first-order valence-electron chi connectivity index (χ1n) is 12.1. The molecule has 0 saturated carbocycles. The Kier molecular flexibility index (Phi) is 9.74. The van der Waals surface area contributed by atoms with E-state index in [2.05, 4.69) is 42.0 Å². The number of halogens is 3. The summed E-state index contributed by atoms with van der Waals surface area (Å²) in [6, 6.07) is 6.82. The number of thiophene rings is 1. The van der Waals surface area contributed by atoms with Crippen LogP contribution >= 0.6 is 50.5 Å². The summed E-state index contributed by atoms with van der Waals surface area (Å²) in [5, 5.41) is 5.57. The zero-order chi connectivity index (χ0) is 28.4. The summed E-state index contributed by atoms with van der Waals surface area (Å²) in [6.45, 7) is 14.3. The standard InChI is InChI=1S/C27H32BrCl2N3O3SSi/c1-16(2)33-22(9-8-17-12-21(28)37-15-17)32-23(24(26(33)35)36-38(6,7)27(3,4)5)25(34)31-14-18-10-19(29)13-20(30)11-18/h8-13,15-16H,14H2,1-7H3,(H,31,34)/b9-8+. The third-order valence-electron chi connectivity index (χ3n) is 6.38. The van der Waals surface area contributed by atoms with E-state index in [4.69, 9.17) is 32.6 Å². The van der Waals surface area contributed by atoms with Crippen LogP contribution < -0.4 is 15.3 Å². The van der Waals surface area contributed by atoms with E-state index in [-0.39, 0.29) is 34.6 Å². The van der Waals surface area contributed by atoms with Crippen LogP contribution in [0.15, 0.2) is 38.2 Å². The summed E-state index contributed by atoms with van der Waals surface area (Å²) in [7, 11) is -2.49. The Morgan fingerprint density at radius 1 is 1.18 bits per heavy atom. The molecule has 0 aliphatic heterocycles. The smallest absolute Gasteiger partial charge is 0.295 e. The van der Waals surface area contributed by atoms with Crippen LogP contribution in [0.25, 0.3) is 12.2 Å². The van der Waals surface area contributed by atoms with Gasteiger partial charge in [-0.15, -0.1) is 11.3 Å². The number of carbonyl (C=O) groups is 1. The molecule has 1 aromatic carbocycles. The topological polar surface area (TPSA) is 73.2 Å². The summed E-state index contributed by atoms with van der Waals surface area (Å²) < 4.78 is 9.02. The first kappa shape index (κ1) is 30.6. The van der Waals surface area contributed by atoms with E-state index in [0.717, 1.165) is 14.9 Å². The van der Waals surface area contributed by atoms with E-state index in [1.165, 1.54) is 0 Å². The Morgan fingerprint density at radius 2 is 1.82 bits per heavy atom. The number of amides is 1. The van der Waals surface area contributed by atoms with E-state index < -0.39 is 14.2 Å². The highest BCUT2D eigenvalue weighted by molar-refractivity contribution is 9.11. The van der Waals surface area contributed by atoms with Crippen molar-refractivity contribution in [3.63, 3.8) is 0 Å². The molecule has 1 amide bonds. The number of nitrogens with one attached hydrogen (secondary N) is 1. The first-order chi connectivity index (χ1) is 17.6. The highest BCUT2D eigenvalue weighted by Gasteiger charge is 2.41. The lowest BCUT2D eigenvalue weighted by Crippen LogP contribution is -2.46. The molecule has 0 unspecified atom stereocenters. The van der Waals surface area contributed by atoms with Gasteiger partial charge in [-0.25, -0.2) is 4.98 Å². The fourth-order valence-electron chi connectivity index (χ4n) is 3.37. The van der Waals surface area contributed by atoms with Crippen molar-refractivity contribution in [1.82, 2.24) is 14.9 Å². The summed E-state index contributed by atoms with van der Waals surface area (Å²) >= 11 is 17.3. The van der Waals surface area contributed by atoms with Crippen LogP contribution in [0.4, 0.5) is 0 Å². The molecule has 0 radical (unpaired) electrons. The SMILES string of the molecule is CC(C)n1c(/C=C/c2csc(Br)c2)nc(C(=O)NCc2cc(Cl)cc(Cl)c2)c(O[Si](C)(C)C(C)(C)C)c1=O. The van der Waals surface area contributed by atoms with Crippen LogP contribution in [0.3, 0.4) is 0 Å². The molecule has 2 heterocycles. The lowest BCUT2D eigenvalue weighted by Gasteiger charge is -2.36. The van der Waals surface area contributed by atoms with E-state index in [1.807, 2.05) is 44.5 Å². The quantitative estimate of drug-likeness (QED) is 0.247. The fraction of sp³-hybridized carbons (Fsp3) is 0.370. The van der Waals surface area contributed by atoms with Crippen molar-refractivity contribution in [3.8, 4) is 5.75 Å². The van der Waals surface area contributed by atoms with Crippen molar-refractivity contribution in [3.05, 3.63) is 76.5 Å². The largest absolute Gasteiger partial charge is 0.538 e. The molecule has 0 atom stereocenters. The Bertz CT molecular complexity index is 1410. The van der Waals surface area contributed by atoms with Crippen molar-refractivity contribution < 1.29 is 9.22 Å². The Hall–Kier alpha value is -1.91. The predicted molar refractivity (Wildman–Crippen MR) is 165 cm³/mol. The lowest BCUT2D eigenvalue weighted by atomic mass is 10.2. The molecule has 204 valence electrons. The first-order valence-corrected chi connectivity index (χ1v) is 17.4. The Morgan fingerprint density at radius 3 is 2.34 bits per heavy atom. The van der Waals surface area contributed by atoms with Gasteiger partial charge in [-0.3, -0.25) is 14.2 Å². The van der Waals surface area contributed by atoms with Gasteiger partial charge >= 0.3 is 0 Å². The molecule has 2 aromatic heterocycles. The summed E-state index contributed by atoms with van der Waals surface area (Å²) in [5.41, 5.74) is 1.25. The second kappa shape index (κ2) is 12.1. The third-order valence-corrected chi connectivity index (χ3v) is 12.7. The molecule has 0 fully saturated rings. The minimum atomic E-state index is -2.49. The van der Waals surface area contributed by atoms with Gasteiger partial charge in [0.25, 0.3) is 19.8 Å². The third kappa shape index (κ3) is 7.38. The summed E-state index contributed by atoms with van der Waals surface area (Å²) in [4.78, 5) is 32.1. The fourth-order valence-corrected chi connectivity index (χ4v) is 6.08. The van der Waals surface area contributed by atoms with E-state index in [1.54, 1.807) is 40.2 Å². The van der Waals surface area contributed by atoms with Gasteiger partial charge in [-0.05, 0) is 94.8 Å². The minimum Gasteiger partial charge on any atom is -0.538 e. The van der Waals surface area contributed by atoms with Gasteiger partial charge < -0.3 is 9.74 Å². The van der Waals surface area contributed by atoms with Crippen molar-refractivity contribution in [1.29, 1.82) is 0 Å². The molecule has 3 aromatic rings. The van der Waals surface area contributed by atoms with E-state index in [0.29, 0.717) is 15.9 Å². The number of nitrogens with zero attached hydrogens (tertiary/aromatic N) is 2. The average Bonchev–Trinajstić information content (AvgIpc) is 3.20. The molecular weight excluding hydrogens is 625 g/mol. The molecule has 1 N–H and O–H groups in total. The number of hydrogen-bond acceptors (Lipinski definition) is 5. The van der Waals surface area contributed by atoms with Gasteiger partial charge in [0.15, 0.2) is 5.69 Å². The number of rotatable bonds is 8. The molecule has 11 heteroatoms. The second-order valence-electron chi connectivity index (χ2n) is 10.8. The average molecular weight is 658 g/mol. The van der Waals surface area contributed by atoms with E-state index >= 15 is 0 Å². The van der Waals surface area contributed by atoms with Crippen LogP contribution in [0.1, 0.15) is 68.1 Å². The summed E-state index contributed by atoms with van der Waals surface area (Å²) in [6.07, 6.45) is 3.62. The van der Waals surface area contributed by atoms with Crippen molar-refractivity contribution in [2.45, 2.75) is 65.3 Å². The van der Waals surface area contributed by atoms with Crippen LogP contribution in [-0.2, 0) is 6.54 Å². The maximum atomic E-state index is 13.9. The number of carbonyl (C=O) groups excluding carboxylic acids is 1. The molecule has 3 rings (SSSR count). The molecule has 0 saturated heterocycles. The van der Waals surface area contributed by atoms with Gasteiger partial charge in [0.2, 0.25) is 5.75 Å². The number of aromatic nitrogens is 2. The van der Waals surface area contributed by atoms with Crippen molar-refractivity contribution in [2.24, 2.45) is 0 Å². The van der Waals surface area contributed by atoms with Gasteiger partial charge in [-0.2, -0.15) is 0 Å². The van der Waals surface area contributed by atoms with E-state index in [9.17, 15) is 9.59 Å². The van der Waals surface area contributed by atoms with Crippen molar-refractivity contribution in [2.75, 3.05) is 0 Å². The lowest BCUT2D eigenvalue weighted by molar-refractivity contribution is 0.0942. The Balaban J connectivity index is 2.13. The number of hydrogen-bond donors (Lipinski definition) is 1. The normalized spacial score (nSPS) is 12.4. The molecular formula is C27H32BrCl2N3O3SSi. The molecule has 38 heavy (non-hydrogen) atoms. The van der Waals surface area contributed by atoms with Gasteiger partial charge in [0.1, 0.15) is 5.82 Å².